The molecule has 1 fully saturated rings. The maximum Gasteiger partial charge on any atom is 0.261 e. The molecule has 0 atom stereocenters. The Balaban J connectivity index is 1.52. The van der Waals surface area contributed by atoms with Crippen LogP contribution in [0.2, 0.25) is 0 Å². The van der Waals surface area contributed by atoms with Crippen LogP contribution in [0.25, 0.3) is 11.3 Å². The Hall–Kier alpha value is -3.23. The van der Waals surface area contributed by atoms with E-state index < -0.39 is 21.5 Å². The maximum absolute atomic E-state index is 13.6. The second-order valence-electron chi connectivity index (χ2n) is 9.13. The number of sulfonamides is 1. The van der Waals surface area contributed by atoms with Crippen molar-refractivity contribution in [2.24, 2.45) is 0 Å². The number of nitrogens with one attached hydrogen (secondary N) is 1. The van der Waals surface area contributed by atoms with E-state index in [1.54, 1.807) is 11.0 Å². The van der Waals surface area contributed by atoms with Crippen LogP contribution < -0.4 is 5.56 Å². The van der Waals surface area contributed by atoms with Crippen molar-refractivity contribution in [1.29, 1.82) is 0 Å². The predicted molar refractivity (Wildman–Crippen MR) is 137 cm³/mol. The molecule has 1 aromatic heterocycles. The number of benzene rings is 2. The van der Waals surface area contributed by atoms with E-state index in [0.717, 1.165) is 33.4 Å². The second-order valence-corrected chi connectivity index (χ2v) is 11.0. The summed E-state index contributed by atoms with van der Waals surface area (Å²) in [5, 5.41) is 0. The van der Waals surface area contributed by atoms with Crippen molar-refractivity contribution >= 4 is 15.9 Å². The number of H-pyrrole nitrogens is 1. The van der Waals surface area contributed by atoms with Gasteiger partial charge in [0, 0.05) is 31.9 Å². The number of amides is 1. The largest absolute Gasteiger partial charge is 0.336 e. The number of hydrogen-bond acceptors (Lipinski definition) is 4. The van der Waals surface area contributed by atoms with Crippen molar-refractivity contribution in [2.75, 3.05) is 26.2 Å². The van der Waals surface area contributed by atoms with Crippen LogP contribution in [0.1, 0.15) is 38.2 Å². The summed E-state index contributed by atoms with van der Waals surface area (Å²) in [5.41, 5.74) is 5.71. The summed E-state index contributed by atoms with van der Waals surface area (Å²) in [5.74, 6) is -0.391. The Morgan fingerprint density at radius 2 is 1.31 bits per heavy atom. The Morgan fingerprint density at radius 3 is 1.86 bits per heavy atom. The number of aromatic nitrogens is 1. The first kappa shape index (κ1) is 24.9. The van der Waals surface area contributed by atoms with Crippen molar-refractivity contribution in [3.8, 4) is 11.3 Å². The number of piperazine rings is 1. The van der Waals surface area contributed by atoms with Gasteiger partial charge in [0.05, 0.1) is 4.90 Å². The van der Waals surface area contributed by atoms with Crippen LogP contribution in [0, 0.1) is 34.6 Å². The summed E-state index contributed by atoms with van der Waals surface area (Å²) in [6.45, 7) is 10.4. The molecule has 0 unspecified atom stereocenters. The molecule has 35 heavy (non-hydrogen) atoms. The normalized spacial score (nSPS) is 14.8. The first-order valence-electron chi connectivity index (χ1n) is 11.7. The van der Waals surface area contributed by atoms with E-state index in [1.807, 2.05) is 65.0 Å². The average molecular weight is 494 g/mol. The number of carbonyl (C=O) groups excluding carboxylic acids is 1. The molecule has 8 heteroatoms. The van der Waals surface area contributed by atoms with E-state index >= 15 is 0 Å². The van der Waals surface area contributed by atoms with Crippen LogP contribution in [0.15, 0.2) is 52.2 Å². The van der Waals surface area contributed by atoms with Gasteiger partial charge >= 0.3 is 0 Å². The lowest BCUT2D eigenvalue weighted by Crippen LogP contribution is -2.51. The molecule has 0 saturated carbocycles. The minimum absolute atomic E-state index is 0.0532. The molecule has 1 aliphatic heterocycles. The molecular weight excluding hydrogens is 462 g/mol. The van der Waals surface area contributed by atoms with Crippen LogP contribution >= 0.6 is 0 Å². The van der Waals surface area contributed by atoms with Gasteiger partial charge in [-0.3, -0.25) is 9.59 Å². The number of aromatic amines is 1. The zero-order valence-corrected chi connectivity index (χ0v) is 21.6. The van der Waals surface area contributed by atoms with Gasteiger partial charge in [-0.2, -0.15) is 4.31 Å². The van der Waals surface area contributed by atoms with Gasteiger partial charge in [-0.1, -0.05) is 30.3 Å². The van der Waals surface area contributed by atoms with E-state index in [2.05, 4.69) is 4.98 Å². The van der Waals surface area contributed by atoms with Gasteiger partial charge in [0.2, 0.25) is 10.0 Å². The lowest BCUT2D eigenvalue weighted by molar-refractivity contribution is 0.0696. The van der Waals surface area contributed by atoms with Gasteiger partial charge in [0.1, 0.15) is 5.56 Å². The maximum atomic E-state index is 13.6. The van der Waals surface area contributed by atoms with Crippen molar-refractivity contribution in [3.63, 3.8) is 0 Å². The summed E-state index contributed by atoms with van der Waals surface area (Å²) in [4.78, 5) is 30.4. The fraction of sp³-hybridized carbons (Fsp3) is 0.333. The summed E-state index contributed by atoms with van der Waals surface area (Å²) in [6.07, 6.45) is 0. The van der Waals surface area contributed by atoms with Gasteiger partial charge in [-0.15, -0.1) is 0 Å². The number of nitrogens with zero attached hydrogens (tertiary/aromatic N) is 2. The lowest BCUT2D eigenvalue weighted by atomic mass is 9.95. The molecule has 0 radical (unpaired) electrons. The smallest absolute Gasteiger partial charge is 0.261 e. The van der Waals surface area contributed by atoms with E-state index in [1.165, 1.54) is 10.4 Å². The number of carbonyl (C=O) groups is 1. The van der Waals surface area contributed by atoms with Crippen LogP contribution in [0.5, 0.6) is 0 Å². The molecule has 1 saturated heterocycles. The standard InChI is InChI=1S/C27H31N3O4S/c1-17-18(2)20(4)25(21(5)19(17)3)35(33,34)30-15-13-29(14-16-30)27(32)23-11-12-24(28-26(23)31)22-9-7-6-8-10-22/h6-12H,13-16H2,1-5H3,(H,28,31). The van der Waals surface area contributed by atoms with E-state index in [9.17, 15) is 18.0 Å². The highest BCUT2D eigenvalue weighted by atomic mass is 32.2. The van der Waals surface area contributed by atoms with Gasteiger partial charge in [0.25, 0.3) is 11.5 Å². The molecule has 0 spiro atoms. The first-order valence-corrected chi connectivity index (χ1v) is 13.1. The summed E-state index contributed by atoms with van der Waals surface area (Å²) in [7, 11) is -3.72. The Bertz CT molecular complexity index is 1420. The highest BCUT2D eigenvalue weighted by molar-refractivity contribution is 7.89. The highest BCUT2D eigenvalue weighted by Gasteiger charge is 2.34. The average Bonchev–Trinajstić information content (AvgIpc) is 2.86. The topological polar surface area (TPSA) is 90.6 Å². The third-order valence-electron chi connectivity index (χ3n) is 7.28. The molecule has 0 bridgehead atoms. The third kappa shape index (κ3) is 4.44. The molecule has 1 amide bonds. The molecule has 1 aliphatic rings. The van der Waals surface area contributed by atoms with E-state index in [0.29, 0.717) is 10.6 Å². The number of hydrogen-bond donors (Lipinski definition) is 1. The first-order chi connectivity index (χ1) is 16.5. The van der Waals surface area contributed by atoms with Gasteiger partial charge in [0.15, 0.2) is 0 Å². The van der Waals surface area contributed by atoms with Gasteiger partial charge in [-0.05, 0) is 80.1 Å². The zero-order chi connectivity index (χ0) is 25.5. The molecule has 7 nitrogen and oxygen atoms in total. The van der Waals surface area contributed by atoms with Gasteiger partial charge in [-0.25, -0.2) is 8.42 Å². The predicted octanol–water partition coefficient (Wildman–Crippen LogP) is 3.73. The molecule has 4 rings (SSSR count). The molecule has 1 N–H and O–H groups in total. The molecule has 2 heterocycles. The fourth-order valence-electron chi connectivity index (χ4n) is 4.71. The minimum Gasteiger partial charge on any atom is -0.336 e. The molecular formula is C27H31N3O4S. The SMILES string of the molecule is Cc1c(C)c(C)c(S(=O)(=O)N2CCN(C(=O)c3ccc(-c4ccccc4)[nH]c3=O)CC2)c(C)c1C. The Morgan fingerprint density at radius 1 is 0.771 bits per heavy atom. The number of pyridine rings is 1. The fourth-order valence-corrected chi connectivity index (χ4v) is 6.69. The highest BCUT2D eigenvalue weighted by Crippen LogP contribution is 2.32. The van der Waals surface area contributed by atoms with Crippen molar-refractivity contribution < 1.29 is 13.2 Å². The quantitative estimate of drug-likeness (QED) is 0.600. The third-order valence-corrected chi connectivity index (χ3v) is 9.45. The molecule has 184 valence electrons. The van der Waals surface area contributed by atoms with Crippen molar-refractivity contribution in [3.05, 3.63) is 86.2 Å². The summed E-state index contributed by atoms with van der Waals surface area (Å²) < 4.78 is 28.6. The minimum atomic E-state index is -3.72. The summed E-state index contributed by atoms with van der Waals surface area (Å²) in [6, 6.07) is 12.7. The van der Waals surface area contributed by atoms with E-state index in [4.69, 9.17) is 0 Å². The molecule has 0 aliphatic carbocycles. The van der Waals surface area contributed by atoms with Crippen LogP contribution in [-0.4, -0.2) is 54.7 Å². The van der Waals surface area contributed by atoms with E-state index in [-0.39, 0.29) is 31.7 Å². The van der Waals surface area contributed by atoms with Crippen LogP contribution in [-0.2, 0) is 10.0 Å². The summed E-state index contributed by atoms with van der Waals surface area (Å²) >= 11 is 0. The van der Waals surface area contributed by atoms with Crippen molar-refractivity contribution in [1.82, 2.24) is 14.2 Å². The molecule has 2 aromatic carbocycles. The van der Waals surface area contributed by atoms with Crippen LogP contribution in [0.4, 0.5) is 0 Å². The monoisotopic (exact) mass is 493 g/mol. The Labute approximate surface area is 206 Å². The van der Waals surface area contributed by atoms with Crippen molar-refractivity contribution in [2.45, 2.75) is 39.5 Å². The Kier molecular flexibility index (Phi) is 6.71. The lowest BCUT2D eigenvalue weighted by Gasteiger charge is -2.35. The second kappa shape index (κ2) is 9.43. The molecule has 3 aromatic rings. The van der Waals surface area contributed by atoms with Gasteiger partial charge < -0.3 is 9.88 Å². The zero-order valence-electron chi connectivity index (χ0n) is 20.8. The number of rotatable bonds is 4. The van der Waals surface area contributed by atoms with Crippen LogP contribution in [0.3, 0.4) is 0 Å².